The molecule has 1 fully saturated rings. The number of halogens is 4. The maximum absolute atomic E-state index is 14.2. The molecule has 1 aromatic carbocycles. The van der Waals surface area contributed by atoms with E-state index in [2.05, 4.69) is 9.55 Å². The summed E-state index contributed by atoms with van der Waals surface area (Å²) in [5.41, 5.74) is 2.59. The Morgan fingerprint density at radius 2 is 1.84 bits per heavy atom. The molecule has 1 saturated carbocycles. The monoisotopic (exact) mass is 469 g/mol. The number of hydrogen-bond acceptors (Lipinski definition) is 3. The van der Waals surface area contributed by atoms with E-state index >= 15 is 0 Å². The zero-order valence-corrected chi connectivity index (χ0v) is 18.4. The van der Waals surface area contributed by atoms with Gasteiger partial charge < -0.3 is 4.57 Å². The van der Waals surface area contributed by atoms with E-state index in [4.69, 9.17) is 0 Å². The van der Waals surface area contributed by atoms with Crippen LogP contribution in [0.4, 0.5) is 17.6 Å². The minimum absolute atomic E-state index is 0.215. The molecular formula is C22H23F4N3O2S. The second-order valence-electron chi connectivity index (χ2n) is 8.26. The molecule has 10 heteroatoms. The molecule has 1 aliphatic carbocycles. The third-order valence-electron chi connectivity index (χ3n) is 5.94. The van der Waals surface area contributed by atoms with Gasteiger partial charge >= 0.3 is 6.18 Å². The molecule has 1 aliphatic rings. The van der Waals surface area contributed by atoms with Crippen molar-refractivity contribution in [2.24, 2.45) is 0 Å². The summed E-state index contributed by atoms with van der Waals surface area (Å²) in [6.45, 7) is 2.44. The van der Waals surface area contributed by atoms with Crippen LogP contribution in [0.1, 0.15) is 44.2 Å². The van der Waals surface area contributed by atoms with Gasteiger partial charge in [-0.1, -0.05) is 12.8 Å². The molecule has 0 bridgehead atoms. The molecule has 1 atom stereocenters. The van der Waals surface area contributed by atoms with Gasteiger partial charge in [-0.25, -0.2) is 12.8 Å². The first-order valence-corrected chi connectivity index (χ1v) is 11.8. The van der Waals surface area contributed by atoms with Gasteiger partial charge in [-0.15, -0.1) is 0 Å². The van der Waals surface area contributed by atoms with Gasteiger partial charge in [0.05, 0.1) is 11.4 Å². The van der Waals surface area contributed by atoms with E-state index < -0.39 is 22.2 Å². The molecule has 0 radical (unpaired) electrons. The summed E-state index contributed by atoms with van der Waals surface area (Å²) in [6, 6.07) is 5.78. The van der Waals surface area contributed by atoms with Crippen LogP contribution in [0.3, 0.4) is 0 Å². The Morgan fingerprint density at radius 3 is 2.44 bits per heavy atom. The van der Waals surface area contributed by atoms with Crippen molar-refractivity contribution in [1.82, 2.24) is 14.3 Å². The maximum Gasteiger partial charge on any atom is 0.404 e. The van der Waals surface area contributed by atoms with Crippen LogP contribution in [-0.2, 0) is 10.0 Å². The third kappa shape index (κ3) is 4.25. The topological polar surface area (TPSA) is 64.0 Å². The molecule has 2 heterocycles. The van der Waals surface area contributed by atoms with Crippen LogP contribution in [0.2, 0.25) is 0 Å². The molecule has 1 N–H and O–H groups in total. The van der Waals surface area contributed by atoms with Gasteiger partial charge in [-0.05, 0) is 62.6 Å². The van der Waals surface area contributed by atoms with Crippen LogP contribution < -0.4 is 4.72 Å². The van der Waals surface area contributed by atoms with E-state index in [0.29, 0.717) is 16.6 Å². The fourth-order valence-electron chi connectivity index (χ4n) is 4.16. The van der Waals surface area contributed by atoms with Gasteiger partial charge in [0.25, 0.3) is 0 Å². The van der Waals surface area contributed by atoms with Crippen LogP contribution in [-0.4, -0.2) is 30.2 Å². The Kier molecular flexibility index (Phi) is 5.79. The zero-order chi connectivity index (χ0) is 23.3. The number of nitrogens with zero attached hydrogens (tertiary/aromatic N) is 2. The molecule has 0 spiro atoms. The highest BCUT2D eigenvalue weighted by Gasteiger charge is 2.39. The van der Waals surface area contributed by atoms with E-state index in [1.54, 1.807) is 17.7 Å². The number of sulfonamides is 1. The molecule has 172 valence electrons. The van der Waals surface area contributed by atoms with E-state index in [1.807, 2.05) is 6.07 Å². The number of pyridine rings is 1. The fraction of sp³-hybridized carbons (Fsp3) is 0.409. The summed E-state index contributed by atoms with van der Waals surface area (Å²) in [5.74, 6) is -0.313. The Hall–Kier alpha value is -2.46. The lowest BCUT2D eigenvalue weighted by Crippen LogP contribution is -2.42. The number of aromatic nitrogens is 2. The van der Waals surface area contributed by atoms with Crippen molar-refractivity contribution in [2.75, 3.05) is 0 Å². The van der Waals surface area contributed by atoms with Gasteiger partial charge in [0.1, 0.15) is 16.8 Å². The van der Waals surface area contributed by atoms with Crippen molar-refractivity contribution >= 4 is 20.9 Å². The Morgan fingerprint density at radius 1 is 1.16 bits per heavy atom. The van der Waals surface area contributed by atoms with Crippen LogP contribution in [0.15, 0.2) is 41.4 Å². The van der Waals surface area contributed by atoms with Crippen molar-refractivity contribution in [3.63, 3.8) is 0 Å². The van der Waals surface area contributed by atoms with Crippen LogP contribution in [0.5, 0.6) is 0 Å². The SMILES string of the molecule is Cc1cc2c(cc1F)cc(-c1ccc(S(=O)(=O)N[C@@H](C)C(F)(F)F)cn1)n2C1CCCC1. The molecule has 3 aromatic rings. The lowest BCUT2D eigenvalue weighted by atomic mass is 10.1. The van der Waals surface area contributed by atoms with Gasteiger partial charge in [0.15, 0.2) is 0 Å². The second-order valence-corrected chi connectivity index (χ2v) is 9.98. The minimum Gasteiger partial charge on any atom is -0.336 e. The number of rotatable bonds is 5. The maximum atomic E-state index is 14.2. The summed E-state index contributed by atoms with van der Waals surface area (Å²) in [5, 5.41) is 0.717. The quantitative estimate of drug-likeness (QED) is 0.502. The summed E-state index contributed by atoms with van der Waals surface area (Å²) in [4.78, 5) is 3.88. The van der Waals surface area contributed by atoms with E-state index in [0.717, 1.165) is 50.0 Å². The summed E-state index contributed by atoms with van der Waals surface area (Å²) < 4.78 is 80.8. The smallest absolute Gasteiger partial charge is 0.336 e. The van der Waals surface area contributed by atoms with Crippen molar-refractivity contribution in [1.29, 1.82) is 0 Å². The molecule has 32 heavy (non-hydrogen) atoms. The molecular weight excluding hydrogens is 446 g/mol. The average Bonchev–Trinajstić information content (AvgIpc) is 3.35. The van der Waals surface area contributed by atoms with E-state index in [-0.39, 0.29) is 16.8 Å². The van der Waals surface area contributed by atoms with Crippen molar-refractivity contribution in [2.45, 2.75) is 62.7 Å². The van der Waals surface area contributed by atoms with Crippen molar-refractivity contribution < 1.29 is 26.0 Å². The molecule has 0 saturated heterocycles. The van der Waals surface area contributed by atoms with Gasteiger partial charge in [0, 0.05) is 23.1 Å². The van der Waals surface area contributed by atoms with Crippen molar-refractivity contribution in [3.05, 3.63) is 47.9 Å². The Bertz CT molecular complexity index is 1240. The number of benzene rings is 1. The zero-order valence-electron chi connectivity index (χ0n) is 17.6. The average molecular weight is 470 g/mol. The number of alkyl halides is 3. The number of nitrogens with one attached hydrogen (secondary N) is 1. The predicted octanol–water partition coefficient (Wildman–Crippen LogP) is 5.50. The Labute approximate surface area is 183 Å². The second kappa shape index (κ2) is 8.15. The number of hydrogen-bond donors (Lipinski definition) is 1. The normalized spacial score (nSPS) is 16.7. The molecule has 0 amide bonds. The molecule has 0 unspecified atom stereocenters. The minimum atomic E-state index is -4.70. The van der Waals surface area contributed by atoms with Crippen molar-refractivity contribution in [3.8, 4) is 11.4 Å². The number of aryl methyl sites for hydroxylation is 1. The first kappa shape index (κ1) is 22.7. The third-order valence-corrected chi connectivity index (χ3v) is 7.47. The van der Waals surface area contributed by atoms with E-state index in [9.17, 15) is 26.0 Å². The number of fused-ring (bicyclic) bond motifs is 1. The van der Waals surface area contributed by atoms with Crippen LogP contribution in [0, 0.1) is 12.7 Å². The molecule has 5 nitrogen and oxygen atoms in total. The Balaban J connectivity index is 1.74. The molecule has 2 aromatic heterocycles. The van der Waals surface area contributed by atoms with Crippen LogP contribution in [0.25, 0.3) is 22.3 Å². The first-order chi connectivity index (χ1) is 15.0. The van der Waals surface area contributed by atoms with Gasteiger partial charge in [-0.3, -0.25) is 4.98 Å². The summed E-state index contributed by atoms with van der Waals surface area (Å²) in [6.07, 6.45) is 0.451. The lowest BCUT2D eigenvalue weighted by molar-refractivity contribution is -0.147. The largest absolute Gasteiger partial charge is 0.404 e. The summed E-state index contributed by atoms with van der Waals surface area (Å²) >= 11 is 0. The summed E-state index contributed by atoms with van der Waals surface area (Å²) in [7, 11) is -4.39. The van der Waals surface area contributed by atoms with Crippen LogP contribution >= 0.6 is 0 Å². The molecule has 0 aliphatic heterocycles. The predicted molar refractivity (Wildman–Crippen MR) is 113 cm³/mol. The molecule has 4 rings (SSSR count). The lowest BCUT2D eigenvalue weighted by Gasteiger charge is -2.19. The highest BCUT2D eigenvalue weighted by molar-refractivity contribution is 7.89. The highest BCUT2D eigenvalue weighted by atomic mass is 32.2. The van der Waals surface area contributed by atoms with E-state index in [1.165, 1.54) is 18.2 Å². The standard InChI is InChI=1S/C22H23F4N3O2S/c1-13-9-20-15(10-18(13)23)11-21(29(20)16-5-3-4-6-16)19-8-7-17(12-27-19)32(30,31)28-14(2)22(24,25)26/h7-12,14,16,28H,3-6H2,1-2H3/t14-/m0/s1. The fourth-order valence-corrected chi connectivity index (χ4v) is 5.34. The van der Waals surface area contributed by atoms with Gasteiger partial charge in [0.2, 0.25) is 10.0 Å². The highest BCUT2D eigenvalue weighted by Crippen LogP contribution is 2.38. The first-order valence-electron chi connectivity index (χ1n) is 10.3. The van der Waals surface area contributed by atoms with Gasteiger partial charge in [-0.2, -0.15) is 17.9 Å².